The van der Waals surface area contributed by atoms with E-state index in [1.54, 1.807) is 4.90 Å². The van der Waals surface area contributed by atoms with Gasteiger partial charge in [0.2, 0.25) is 11.8 Å². The minimum absolute atomic E-state index is 0.0452. The minimum Gasteiger partial charge on any atom is -0.355 e. The largest absolute Gasteiger partial charge is 0.355 e. The van der Waals surface area contributed by atoms with E-state index < -0.39 is 6.04 Å². The van der Waals surface area contributed by atoms with E-state index in [1.807, 2.05) is 52.0 Å². The van der Waals surface area contributed by atoms with Gasteiger partial charge in [0.15, 0.2) is 0 Å². The van der Waals surface area contributed by atoms with Crippen molar-refractivity contribution >= 4 is 11.8 Å². The van der Waals surface area contributed by atoms with Gasteiger partial charge in [-0.1, -0.05) is 38.1 Å². The number of benzene rings is 1. The van der Waals surface area contributed by atoms with Crippen LogP contribution in [-0.2, 0) is 16.1 Å². The Hall–Kier alpha value is -1.84. The Kier molecular flexibility index (Phi) is 7.64. The summed E-state index contributed by atoms with van der Waals surface area (Å²) in [4.78, 5) is 26.5. The number of hydrogen-bond acceptors (Lipinski definition) is 2. The van der Waals surface area contributed by atoms with Crippen LogP contribution in [0, 0.1) is 6.92 Å². The van der Waals surface area contributed by atoms with Crippen LogP contribution in [-0.4, -0.2) is 29.3 Å². The molecule has 4 heteroatoms. The third-order valence-corrected chi connectivity index (χ3v) is 3.80. The van der Waals surface area contributed by atoms with Crippen molar-refractivity contribution in [2.45, 2.75) is 59.5 Å². The third-order valence-electron chi connectivity index (χ3n) is 3.80. The van der Waals surface area contributed by atoms with Crippen molar-refractivity contribution in [3.05, 3.63) is 35.4 Å². The number of carbonyl (C=O) groups excluding carboxylic acids is 2. The van der Waals surface area contributed by atoms with E-state index in [0.29, 0.717) is 25.9 Å². The first-order chi connectivity index (χ1) is 10.5. The highest BCUT2D eigenvalue weighted by Gasteiger charge is 2.27. The number of likely N-dealkylation sites (N-methyl/N-ethyl adjacent to an activating group) is 1. The Labute approximate surface area is 133 Å². The van der Waals surface area contributed by atoms with Crippen molar-refractivity contribution in [1.82, 2.24) is 10.2 Å². The van der Waals surface area contributed by atoms with Crippen molar-refractivity contribution in [3.63, 3.8) is 0 Å². The van der Waals surface area contributed by atoms with Gasteiger partial charge < -0.3 is 10.2 Å². The summed E-state index contributed by atoms with van der Waals surface area (Å²) >= 11 is 0. The first kappa shape index (κ1) is 18.2. The molecule has 0 aliphatic carbocycles. The molecule has 0 aliphatic heterocycles. The molecule has 1 rings (SSSR count). The molecule has 0 saturated heterocycles. The number of aryl methyl sites for hydroxylation is 1. The van der Waals surface area contributed by atoms with E-state index in [0.717, 1.165) is 17.5 Å². The van der Waals surface area contributed by atoms with Crippen LogP contribution in [0.2, 0.25) is 0 Å². The van der Waals surface area contributed by atoms with Gasteiger partial charge in [0.25, 0.3) is 0 Å². The highest BCUT2D eigenvalue weighted by Crippen LogP contribution is 2.16. The van der Waals surface area contributed by atoms with Crippen LogP contribution >= 0.6 is 0 Å². The molecular weight excluding hydrogens is 276 g/mol. The van der Waals surface area contributed by atoms with E-state index in [9.17, 15) is 9.59 Å². The fourth-order valence-corrected chi connectivity index (χ4v) is 2.54. The molecule has 1 N–H and O–H groups in total. The first-order valence-electron chi connectivity index (χ1n) is 8.16. The summed E-state index contributed by atoms with van der Waals surface area (Å²) in [5.41, 5.74) is 2.23. The lowest BCUT2D eigenvalue weighted by atomic mass is 10.1. The van der Waals surface area contributed by atoms with Crippen molar-refractivity contribution in [2.75, 3.05) is 6.54 Å². The molecule has 0 spiro atoms. The predicted octanol–water partition coefficient (Wildman–Crippen LogP) is 3.04. The average molecular weight is 304 g/mol. The van der Waals surface area contributed by atoms with Gasteiger partial charge in [-0.15, -0.1) is 0 Å². The van der Waals surface area contributed by atoms with Crippen molar-refractivity contribution in [1.29, 1.82) is 0 Å². The second-order valence-electron chi connectivity index (χ2n) is 5.52. The molecule has 0 heterocycles. The Morgan fingerprint density at radius 2 is 1.86 bits per heavy atom. The third kappa shape index (κ3) is 4.86. The Morgan fingerprint density at radius 1 is 1.18 bits per heavy atom. The van der Waals surface area contributed by atoms with E-state index in [1.165, 1.54) is 0 Å². The van der Waals surface area contributed by atoms with E-state index in [2.05, 4.69) is 5.32 Å². The quantitative estimate of drug-likeness (QED) is 0.802. The molecule has 4 nitrogen and oxygen atoms in total. The number of hydrogen-bond donors (Lipinski definition) is 1. The monoisotopic (exact) mass is 304 g/mol. The van der Waals surface area contributed by atoms with Crippen LogP contribution in [0.25, 0.3) is 0 Å². The molecule has 1 aromatic rings. The zero-order valence-corrected chi connectivity index (χ0v) is 14.2. The number of carbonyl (C=O) groups is 2. The van der Waals surface area contributed by atoms with Gasteiger partial charge in [0.05, 0.1) is 0 Å². The molecule has 0 saturated carbocycles. The van der Waals surface area contributed by atoms with Gasteiger partial charge >= 0.3 is 0 Å². The van der Waals surface area contributed by atoms with Crippen molar-refractivity contribution < 1.29 is 9.59 Å². The Bertz CT molecular complexity index is 500. The topological polar surface area (TPSA) is 49.4 Å². The normalized spacial score (nSPS) is 11.8. The number of amides is 2. The molecule has 122 valence electrons. The van der Waals surface area contributed by atoms with Gasteiger partial charge in [-0.2, -0.15) is 0 Å². The molecule has 0 fully saturated rings. The maximum Gasteiger partial charge on any atom is 0.242 e. The fraction of sp³-hybridized carbons (Fsp3) is 0.556. The Morgan fingerprint density at radius 3 is 2.41 bits per heavy atom. The maximum absolute atomic E-state index is 12.5. The maximum atomic E-state index is 12.5. The highest BCUT2D eigenvalue weighted by molar-refractivity contribution is 5.87. The summed E-state index contributed by atoms with van der Waals surface area (Å²) < 4.78 is 0. The van der Waals surface area contributed by atoms with E-state index in [4.69, 9.17) is 0 Å². The Balaban J connectivity index is 3.03. The van der Waals surface area contributed by atoms with Gasteiger partial charge in [-0.3, -0.25) is 9.59 Å². The second-order valence-corrected chi connectivity index (χ2v) is 5.52. The molecule has 0 bridgehead atoms. The average Bonchev–Trinajstić information content (AvgIpc) is 2.49. The summed E-state index contributed by atoms with van der Waals surface area (Å²) in [7, 11) is 0. The van der Waals surface area contributed by atoms with Crippen LogP contribution in [0.5, 0.6) is 0 Å². The van der Waals surface area contributed by atoms with Crippen LogP contribution in [0.15, 0.2) is 24.3 Å². The van der Waals surface area contributed by atoms with Crippen molar-refractivity contribution in [2.24, 2.45) is 0 Å². The molecule has 0 radical (unpaired) electrons. The fourth-order valence-electron chi connectivity index (χ4n) is 2.54. The SMILES string of the molecule is CCCC(=O)N(Cc1ccccc1C)C(CC)C(=O)NCC. The summed E-state index contributed by atoms with van der Waals surface area (Å²) in [6.45, 7) is 8.92. The molecule has 1 atom stereocenters. The molecule has 0 aliphatic rings. The van der Waals surface area contributed by atoms with Gasteiger partial charge in [-0.05, 0) is 37.8 Å². The molecule has 22 heavy (non-hydrogen) atoms. The zero-order chi connectivity index (χ0) is 16.5. The summed E-state index contributed by atoms with van der Waals surface area (Å²) in [6, 6.07) is 7.60. The molecular formula is C18H28N2O2. The standard InChI is InChI=1S/C18H28N2O2/c1-5-10-17(21)20(16(6-2)18(22)19-7-3)13-15-12-9-8-11-14(15)4/h8-9,11-12,16H,5-7,10,13H2,1-4H3,(H,19,22). The van der Waals surface area contributed by atoms with Crippen molar-refractivity contribution in [3.8, 4) is 0 Å². The van der Waals surface area contributed by atoms with Gasteiger partial charge in [-0.25, -0.2) is 0 Å². The predicted molar refractivity (Wildman–Crippen MR) is 89.4 cm³/mol. The van der Waals surface area contributed by atoms with E-state index >= 15 is 0 Å². The molecule has 1 unspecified atom stereocenters. The van der Waals surface area contributed by atoms with E-state index in [-0.39, 0.29) is 11.8 Å². The van der Waals surface area contributed by atoms with Crippen LogP contribution in [0.4, 0.5) is 0 Å². The number of rotatable bonds is 8. The highest BCUT2D eigenvalue weighted by atomic mass is 16.2. The summed E-state index contributed by atoms with van der Waals surface area (Å²) in [6.07, 6.45) is 1.88. The van der Waals surface area contributed by atoms with Crippen LogP contribution in [0.1, 0.15) is 51.2 Å². The summed E-state index contributed by atoms with van der Waals surface area (Å²) in [5, 5.41) is 2.84. The minimum atomic E-state index is -0.404. The molecule has 0 aromatic heterocycles. The van der Waals surface area contributed by atoms with Gasteiger partial charge in [0, 0.05) is 19.5 Å². The zero-order valence-electron chi connectivity index (χ0n) is 14.2. The second kappa shape index (κ2) is 9.23. The number of nitrogens with one attached hydrogen (secondary N) is 1. The molecule has 2 amide bonds. The van der Waals surface area contributed by atoms with Crippen LogP contribution in [0.3, 0.4) is 0 Å². The lowest BCUT2D eigenvalue weighted by Gasteiger charge is -2.31. The first-order valence-corrected chi connectivity index (χ1v) is 8.16. The lowest BCUT2D eigenvalue weighted by Crippen LogP contribution is -2.49. The lowest BCUT2D eigenvalue weighted by molar-refractivity contribution is -0.141. The molecule has 1 aromatic carbocycles. The van der Waals surface area contributed by atoms with Gasteiger partial charge in [0.1, 0.15) is 6.04 Å². The van der Waals surface area contributed by atoms with Crippen LogP contribution < -0.4 is 5.32 Å². The smallest absolute Gasteiger partial charge is 0.242 e. The summed E-state index contributed by atoms with van der Waals surface area (Å²) in [5.74, 6) is -0.0214. The number of nitrogens with zero attached hydrogens (tertiary/aromatic N) is 1.